The lowest BCUT2D eigenvalue weighted by Crippen LogP contribution is -2.50. The molecule has 7 nitrogen and oxygen atoms in total. The second-order valence-corrected chi connectivity index (χ2v) is 4.78. The number of carbonyl (C=O) groups excluding carboxylic acids is 3. The molecule has 0 radical (unpaired) electrons. The number of carbonyl (C=O) groups is 3. The van der Waals surface area contributed by atoms with E-state index in [1.807, 2.05) is 0 Å². The molecular formula is C11H7F9O7. The van der Waals surface area contributed by atoms with Gasteiger partial charge in [0.05, 0.1) is 13.0 Å². The lowest BCUT2D eigenvalue weighted by molar-refractivity contribution is -0.263. The van der Waals surface area contributed by atoms with Crippen LogP contribution in [0.2, 0.25) is 0 Å². The number of halogens is 9. The van der Waals surface area contributed by atoms with Crippen LogP contribution in [-0.4, -0.2) is 61.5 Å². The van der Waals surface area contributed by atoms with Crippen LogP contribution in [0.5, 0.6) is 0 Å². The minimum Gasteiger partial charge on any atom is -0.451 e. The van der Waals surface area contributed by atoms with Crippen LogP contribution < -0.4 is 0 Å². The van der Waals surface area contributed by atoms with Crippen molar-refractivity contribution in [2.24, 2.45) is 0 Å². The minimum atomic E-state index is -5.62. The molecule has 1 fully saturated rings. The number of hydrogen-bond donors (Lipinski definition) is 0. The number of esters is 3. The summed E-state index contributed by atoms with van der Waals surface area (Å²) < 4.78 is 125. The lowest BCUT2D eigenvalue weighted by Gasteiger charge is -2.34. The van der Waals surface area contributed by atoms with Crippen LogP contribution in [0.15, 0.2) is 0 Å². The van der Waals surface area contributed by atoms with Crippen LogP contribution in [0, 0.1) is 0 Å². The van der Waals surface area contributed by atoms with Crippen molar-refractivity contribution in [2.75, 3.05) is 6.61 Å². The van der Waals surface area contributed by atoms with Crippen molar-refractivity contribution < 1.29 is 72.8 Å². The van der Waals surface area contributed by atoms with E-state index < -0.39 is 68.0 Å². The van der Waals surface area contributed by atoms with Gasteiger partial charge in [-0.15, -0.1) is 0 Å². The highest BCUT2D eigenvalue weighted by Crippen LogP contribution is 2.28. The summed E-state index contributed by atoms with van der Waals surface area (Å²) >= 11 is 0. The molecule has 0 N–H and O–H groups in total. The number of hydrogen-bond acceptors (Lipinski definition) is 7. The first kappa shape index (κ1) is 22.8. The fourth-order valence-corrected chi connectivity index (χ4v) is 1.63. The zero-order valence-electron chi connectivity index (χ0n) is 12.4. The van der Waals surface area contributed by atoms with E-state index in [2.05, 4.69) is 18.9 Å². The van der Waals surface area contributed by atoms with Crippen molar-refractivity contribution in [3.05, 3.63) is 0 Å². The van der Waals surface area contributed by atoms with Gasteiger partial charge in [0.2, 0.25) is 6.29 Å². The number of alkyl halides is 9. The Kier molecular flexibility index (Phi) is 6.56. The van der Waals surface area contributed by atoms with E-state index >= 15 is 0 Å². The highest BCUT2D eigenvalue weighted by molar-refractivity contribution is 5.77. The highest BCUT2D eigenvalue weighted by atomic mass is 19.4. The maximum absolute atomic E-state index is 12.2. The molecule has 0 aromatic rings. The van der Waals surface area contributed by atoms with Gasteiger partial charge in [-0.2, -0.15) is 39.5 Å². The average molecular weight is 422 g/mol. The molecule has 0 aromatic carbocycles. The molecule has 0 aliphatic carbocycles. The van der Waals surface area contributed by atoms with Crippen molar-refractivity contribution in [2.45, 2.75) is 43.4 Å². The molecule has 0 amide bonds. The first-order chi connectivity index (χ1) is 12.0. The second-order valence-electron chi connectivity index (χ2n) is 4.78. The second kappa shape index (κ2) is 7.77. The third-order valence-electron chi connectivity index (χ3n) is 2.74. The van der Waals surface area contributed by atoms with Crippen molar-refractivity contribution >= 4 is 17.9 Å². The Morgan fingerprint density at radius 2 is 1.04 bits per heavy atom. The first-order valence-electron chi connectivity index (χ1n) is 6.47. The molecule has 1 aliphatic rings. The topological polar surface area (TPSA) is 88.1 Å². The molecule has 1 heterocycles. The van der Waals surface area contributed by atoms with Gasteiger partial charge in [0.25, 0.3) is 0 Å². The van der Waals surface area contributed by atoms with Crippen molar-refractivity contribution in [3.8, 4) is 0 Å². The molecule has 3 atom stereocenters. The van der Waals surface area contributed by atoms with E-state index in [0.29, 0.717) is 0 Å². The van der Waals surface area contributed by atoms with E-state index in [0.717, 1.165) is 0 Å². The van der Waals surface area contributed by atoms with Crippen molar-refractivity contribution in [1.29, 1.82) is 0 Å². The molecule has 16 heteroatoms. The van der Waals surface area contributed by atoms with Gasteiger partial charge in [-0.1, -0.05) is 0 Å². The van der Waals surface area contributed by atoms with Crippen LogP contribution in [0.1, 0.15) is 6.42 Å². The van der Waals surface area contributed by atoms with Gasteiger partial charge in [0.15, 0.2) is 6.10 Å². The van der Waals surface area contributed by atoms with Crippen molar-refractivity contribution in [3.63, 3.8) is 0 Å². The number of ether oxygens (including phenoxy) is 4. The SMILES string of the molecule is O=C(OC1CC(OC(=O)C(F)(F)F)C(OC(=O)C(F)(F)F)CO1)C(F)(F)F. The summed E-state index contributed by atoms with van der Waals surface area (Å²) in [6, 6.07) is 0. The molecule has 0 spiro atoms. The Hall–Kier alpha value is -2.26. The fraction of sp³-hybridized carbons (Fsp3) is 0.727. The van der Waals surface area contributed by atoms with Gasteiger partial charge in [-0.3, -0.25) is 0 Å². The van der Waals surface area contributed by atoms with Crippen LogP contribution in [0.4, 0.5) is 39.5 Å². The normalized spacial score (nSPS) is 24.1. The van der Waals surface area contributed by atoms with Gasteiger partial charge in [0, 0.05) is 0 Å². The molecule has 0 bridgehead atoms. The third kappa shape index (κ3) is 6.76. The summed E-state index contributed by atoms with van der Waals surface area (Å²) in [5, 5.41) is 0. The standard InChI is InChI=1S/C11H7F9O7/c12-9(13,14)6(21)25-3-1-5(27-8(23)11(18,19)20)24-2-4(3)26-7(22)10(15,16)17/h3-5H,1-2H2. The molecule has 27 heavy (non-hydrogen) atoms. The molecule has 1 aliphatic heterocycles. The van der Waals surface area contributed by atoms with E-state index in [1.165, 1.54) is 0 Å². The van der Waals surface area contributed by atoms with Gasteiger partial charge < -0.3 is 18.9 Å². The van der Waals surface area contributed by atoms with Crippen molar-refractivity contribution in [1.82, 2.24) is 0 Å². The fourth-order valence-electron chi connectivity index (χ4n) is 1.63. The molecule has 0 aromatic heterocycles. The molecule has 3 unspecified atom stereocenters. The molecule has 0 saturated carbocycles. The average Bonchev–Trinajstić information content (AvgIpc) is 2.46. The van der Waals surface area contributed by atoms with Crippen LogP contribution in [-0.2, 0) is 33.3 Å². The smallest absolute Gasteiger partial charge is 0.451 e. The Labute approximate surface area is 142 Å². The maximum Gasteiger partial charge on any atom is 0.491 e. The minimum absolute atomic E-state index is 1.26. The van der Waals surface area contributed by atoms with Crippen LogP contribution >= 0.6 is 0 Å². The van der Waals surface area contributed by atoms with E-state index in [-0.39, 0.29) is 0 Å². The molecular weight excluding hydrogens is 415 g/mol. The number of rotatable bonds is 3. The Morgan fingerprint density at radius 1 is 0.667 bits per heavy atom. The Balaban J connectivity index is 2.90. The summed E-state index contributed by atoms with van der Waals surface area (Å²) in [4.78, 5) is 32.2. The zero-order valence-corrected chi connectivity index (χ0v) is 12.4. The monoisotopic (exact) mass is 422 g/mol. The van der Waals surface area contributed by atoms with Gasteiger partial charge in [-0.05, 0) is 0 Å². The van der Waals surface area contributed by atoms with Crippen LogP contribution in [0.25, 0.3) is 0 Å². The van der Waals surface area contributed by atoms with E-state index in [1.54, 1.807) is 0 Å². The van der Waals surface area contributed by atoms with E-state index in [9.17, 15) is 53.9 Å². The predicted molar refractivity (Wildman–Crippen MR) is 58.4 cm³/mol. The predicted octanol–water partition coefficient (Wildman–Crippen LogP) is 1.79. The van der Waals surface area contributed by atoms with E-state index in [4.69, 9.17) is 0 Å². The third-order valence-corrected chi connectivity index (χ3v) is 2.74. The zero-order chi connectivity index (χ0) is 21.2. The molecule has 1 saturated heterocycles. The maximum atomic E-state index is 12.2. The summed E-state index contributed by atoms with van der Waals surface area (Å²) in [7, 11) is 0. The first-order valence-corrected chi connectivity index (χ1v) is 6.47. The van der Waals surface area contributed by atoms with Crippen LogP contribution in [0.3, 0.4) is 0 Å². The lowest BCUT2D eigenvalue weighted by atomic mass is 10.1. The Morgan fingerprint density at radius 3 is 1.44 bits per heavy atom. The van der Waals surface area contributed by atoms with Gasteiger partial charge in [0.1, 0.15) is 6.10 Å². The summed E-state index contributed by atoms with van der Waals surface area (Å²) in [5.41, 5.74) is 0. The highest BCUT2D eigenvalue weighted by Gasteiger charge is 2.50. The summed E-state index contributed by atoms with van der Waals surface area (Å²) in [6.07, 6.45) is -24.8. The largest absolute Gasteiger partial charge is 0.491 e. The quantitative estimate of drug-likeness (QED) is 0.389. The summed E-state index contributed by atoms with van der Waals surface area (Å²) in [5.74, 6) is -8.63. The molecule has 1 rings (SSSR count). The summed E-state index contributed by atoms with van der Waals surface area (Å²) in [6.45, 7) is -1.26. The van der Waals surface area contributed by atoms with Gasteiger partial charge in [-0.25, -0.2) is 14.4 Å². The molecule has 156 valence electrons. The Bertz CT molecular complexity index is 580. The van der Waals surface area contributed by atoms with Gasteiger partial charge >= 0.3 is 36.4 Å².